The van der Waals surface area contributed by atoms with Gasteiger partial charge in [0.1, 0.15) is 24.7 Å². The van der Waals surface area contributed by atoms with Crippen molar-refractivity contribution in [1.82, 2.24) is 5.32 Å². The number of anilines is 1. The van der Waals surface area contributed by atoms with E-state index in [0.29, 0.717) is 42.8 Å². The van der Waals surface area contributed by atoms with Gasteiger partial charge in [-0.2, -0.15) is 0 Å². The van der Waals surface area contributed by atoms with Crippen LogP contribution in [0, 0.1) is 0 Å². The molecule has 0 radical (unpaired) electrons. The van der Waals surface area contributed by atoms with Crippen molar-refractivity contribution < 1.29 is 28.5 Å². The van der Waals surface area contributed by atoms with Crippen molar-refractivity contribution in [3.05, 3.63) is 42.5 Å². The fraction of sp³-hybridized carbons (Fsp3) is 0.333. The predicted octanol–water partition coefficient (Wildman–Crippen LogP) is 1.77. The largest absolute Gasteiger partial charge is 0.497 e. The second-order valence-corrected chi connectivity index (χ2v) is 6.77. The Balaban J connectivity index is 1.31. The van der Waals surface area contributed by atoms with Crippen molar-refractivity contribution in [1.29, 1.82) is 0 Å². The molecular weight excluding hydrogens is 376 g/mol. The zero-order valence-corrected chi connectivity index (χ0v) is 16.1. The molecule has 29 heavy (non-hydrogen) atoms. The molecule has 0 aromatic heterocycles. The first-order valence-electron chi connectivity index (χ1n) is 9.38. The highest BCUT2D eigenvalue weighted by molar-refractivity contribution is 5.97. The number of rotatable bonds is 6. The van der Waals surface area contributed by atoms with Gasteiger partial charge in [0, 0.05) is 24.7 Å². The third kappa shape index (κ3) is 4.37. The summed E-state index contributed by atoms with van der Waals surface area (Å²) >= 11 is 0. The van der Waals surface area contributed by atoms with Crippen LogP contribution in [0.3, 0.4) is 0 Å². The molecule has 152 valence electrons. The average molecular weight is 398 g/mol. The van der Waals surface area contributed by atoms with E-state index in [0.717, 1.165) is 5.69 Å². The van der Waals surface area contributed by atoms with Crippen LogP contribution in [-0.4, -0.2) is 51.3 Å². The topological polar surface area (TPSA) is 86.3 Å². The van der Waals surface area contributed by atoms with Gasteiger partial charge in [-0.3, -0.25) is 9.59 Å². The second-order valence-electron chi connectivity index (χ2n) is 6.77. The van der Waals surface area contributed by atoms with E-state index in [1.54, 1.807) is 48.4 Å². The van der Waals surface area contributed by atoms with Gasteiger partial charge in [-0.15, -0.1) is 0 Å². The number of hydrogen-bond acceptors (Lipinski definition) is 6. The van der Waals surface area contributed by atoms with Gasteiger partial charge in [0.25, 0.3) is 5.91 Å². The fourth-order valence-electron chi connectivity index (χ4n) is 3.34. The molecule has 1 atom stereocenters. The molecule has 1 N–H and O–H groups in total. The minimum Gasteiger partial charge on any atom is -0.497 e. The van der Waals surface area contributed by atoms with Gasteiger partial charge < -0.3 is 29.2 Å². The van der Waals surface area contributed by atoms with E-state index in [1.165, 1.54) is 0 Å². The quantitative estimate of drug-likeness (QED) is 0.798. The molecule has 8 nitrogen and oxygen atoms in total. The van der Waals surface area contributed by atoms with E-state index < -0.39 is 0 Å². The maximum Gasteiger partial charge on any atom is 0.258 e. The number of methoxy groups -OCH3 is 1. The van der Waals surface area contributed by atoms with Gasteiger partial charge >= 0.3 is 0 Å². The monoisotopic (exact) mass is 398 g/mol. The predicted molar refractivity (Wildman–Crippen MR) is 105 cm³/mol. The Morgan fingerprint density at radius 1 is 1.10 bits per heavy atom. The number of carbonyl (C=O) groups is 2. The Labute approximate surface area is 168 Å². The van der Waals surface area contributed by atoms with E-state index in [2.05, 4.69) is 5.32 Å². The SMILES string of the molecule is COc1ccc(OCC(=O)N[C@H]2CC(=O)N(c3ccc4c(c3)OCCO4)C2)cc1. The van der Waals surface area contributed by atoms with Crippen molar-refractivity contribution in [3.8, 4) is 23.0 Å². The summed E-state index contributed by atoms with van der Waals surface area (Å²) in [7, 11) is 1.58. The van der Waals surface area contributed by atoms with Gasteiger partial charge in [0.05, 0.1) is 13.2 Å². The number of nitrogens with zero attached hydrogens (tertiary/aromatic N) is 1. The Bertz CT molecular complexity index is 899. The first-order chi connectivity index (χ1) is 14.1. The van der Waals surface area contributed by atoms with Crippen LogP contribution >= 0.6 is 0 Å². The van der Waals surface area contributed by atoms with E-state index >= 15 is 0 Å². The zero-order valence-electron chi connectivity index (χ0n) is 16.1. The molecule has 2 amide bonds. The normalized spacial score (nSPS) is 17.8. The summed E-state index contributed by atoms with van der Waals surface area (Å²) in [5, 5.41) is 2.86. The molecule has 2 heterocycles. The molecule has 0 saturated carbocycles. The lowest BCUT2D eigenvalue weighted by Crippen LogP contribution is -2.39. The number of fused-ring (bicyclic) bond motifs is 1. The highest BCUT2D eigenvalue weighted by atomic mass is 16.6. The van der Waals surface area contributed by atoms with Gasteiger partial charge in [0.2, 0.25) is 5.91 Å². The molecule has 0 aliphatic carbocycles. The summed E-state index contributed by atoms with van der Waals surface area (Å²) in [5.74, 6) is 2.26. The number of nitrogens with one attached hydrogen (secondary N) is 1. The molecule has 2 aliphatic rings. The van der Waals surface area contributed by atoms with Crippen molar-refractivity contribution in [2.45, 2.75) is 12.5 Å². The number of hydrogen-bond donors (Lipinski definition) is 1. The van der Waals surface area contributed by atoms with E-state index in [1.807, 2.05) is 6.07 Å². The zero-order chi connectivity index (χ0) is 20.2. The average Bonchev–Trinajstić information content (AvgIpc) is 3.12. The minimum absolute atomic E-state index is 0.0527. The first kappa shape index (κ1) is 18.9. The lowest BCUT2D eigenvalue weighted by Gasteiger charge is -2.22. The minimum atomic E-state index is -0.275. The van der Waals surface area contributed by atoms with Crippen molar-refractivity contribution >= 4 is 17.5 Å². The molecule has 1 saturated heterocycles. The van der Waals surface area contributed by atoms with Crippen LogP contribution < -0.4 is 29.2 Å². The molecule has 8 heteroatoms. The van der Waals surface area contributed by atoms with Gasteiger partial charge in [0.15, 0.2) is 18.1 Å². The molecule has 2 aromatic carbocycles. The fourth-order valence-corrected chi connectivity index (χ4v) is 3.34. The third-order valence-electron chi connectivity index (χ3n) is 4.76. The summed E-state index contributed by atoms with van der Waals surface area (Å²) in [4.78, 5) is 26.3. The van der Waals surface area contributed by atoms with Crippen LogP contribution in [0.5, 0.6) is 23.0 Å². The van der Waals surface area contributed by atoms with Crippen LogP contribution in [0.2, 0.25) is 0 Å². The molecule has 0 spiro atoms. The molecule has 2 aromatic rings. The number of carbonyl (C=O) groups excluding carboxylic acids is 2. The standard InChI is InChI=1S/C21H22N2O6/c1-26-16-3-5-17(6-4-16)29-13-20(24)22-14-10-21(25)23(12-14)15-2-7-18-19(11-15)28-9-8-27-18/h2-7,11,14H,8-10,12-13H2,1H3,(H,22,24)/t14-/m0/s1. The van der Waals surface area contributed by atoms with Gasteiger partial charge in [-0.25, -0.2) is 0 Å². The third-order valence-corrected chi connectivity index (χ3v) is 4.76. The maximum atomic E-state index is 12.4. The number of amides is 2. The Morgan fingerprint density at radius 2 is 1.83 bits per heavy atom. The van der Waals surface area contributed by atoms with Gasteiger partial charge in [-0.05, 0) is 36.4 Å². The van der Waals surface area contributed by atoms with Crippen LogP contribution in [0.15, 0.2) is 42.5 Å². The summed E-state index contributed by atoms with van der Waals surface area (Å²) in [6.45, 7) is 1.27. The number of benzene rings is 2. The van der Waals surface area contributed by atoms with E-state index in [9.17, 15) is 9.59 Å². The van der Waals surface area contributed by atoms with Crippen molar-refractivity contribution in [2.75, 3.05) is 38.4 Å². The van der Waals surface area contributed by atoms with Crippen LogP contribution in [-0.2, 0) is 9.59 Å². The first-order valence-corrected chi connectivity index (χ1v) is 9.38. The Morgan fingerprint density at radius 3 is 2.59 bits per heavy atom. The lowest BCUT2D eigenvalue weighted by atomic mass is 10.2. The molecular formula is C21H22N2O6. The van der Waals surface area contributed by atoms with Gasteiger partial charge in [-0.1, -0.05) is 0 Å². The molecule has 0 bridgehead atoms. The van der Waals surface area contributed by atoms with E-state index in [4.69, 9.17) is 18.9 Å². The Kier molecular flexibility index (Phi) is 5.41. The van der Waals surface area contributed by atoms with Crippen LogP contribution in [0.1, 0.15) is 6.42 Å². The van der Waals surface area contributed by atoms with Crippen molar-refractivity contribution in [3.63, 3.8) is 0 Å². The molecule has 1 fully saturated rings. The number of ether oxygens (including phenoxy) is 4. The molecule has 2 aliphatic heterocycles. The van der Waals surface area contributed by atoms with E-state index in [-0.39, 0.29) is 30.9 Å². The van der Waals surface area contributed by atoms with Crippen molar-refractivity contribution in [2.24, 2.45) is 0 Å². The highest BCUT2D eigenvalue weighted by Crippen LogP contribution is 2.35. The summed E-state index contributed by atoms with van der Waals surface area (Å²) in [5.41, 5.74) is 0.727. The molecule has 4 rings (SSSR count). The summed E-state index contributed by atoms with van der Waals surface area (Å²) in [6, 6.07) is 12.1. The summed E-state index contributed by atoms with van der Waals surface area (Å²) < 4.78 is 21.7. The summed E-state index contributed by atoms with van der Waals surface area (Å²) in [6.07, 6.45) is 0.239. The maximum absolute atomic E-state index is 12.4. The molecule has 0 unspecified atom stereocenters. The van der Waals surface area contributed by atoms with Crippen LogP contribution in [0.25, 0.3) is 0 Å². The highest BCUT2D eigenvalue weighted by Gasteiger charge is 2.32. The lowest BCUT2D eigenvalue weighted by molar-refractivity contribution is -0.123. The Hall–Kier alpha value is -3.42. The smallest absolute Gasteiger partial charge is 0.258 e. The second kappa shape index (κ2) is 8.30. The van der Waals surface area contributed by atoms with Crippen LogP contribution in [0.4, 0.5) is 5.69 Å².